The van der Waals surface area contributed by atoms with Crippen molar-refractivity contribution in [1.82, 2.24) is 0 Å². The number of unbranched alkanes of at least 4 members (excludes halogenated alkanes) is 7. The maximum atomic E-state index is 4.95. The number of anilines is 4. The van der Waals surface area contributed by atoms with Crippen LogP contribution in [-0.2, 0) is 0 Å². The topological polar surface area (TPSA) is 18.8 Å². The van der Waals surface area contributed by atoms with Crippen LogP contribution >= 0.6 is 11.8 Å². The normalized spacial score (nSPS) is 11.7. The quantitative estimate of drug-likeness (QED) is 0.0679. The van der Waals surface area contributed by atoms with Gasteiger partial charge in [-0.1, -0.05) is 112 Å². The monoisotopic (exact) mass is 603 g/mol. The van der Waals surface area contributed by atoms with E-state index >= 15 is 0 Å². The molecule has 3 nitrogen and oxygen atoms in total. The molecule has 0 bridgehead atoms. The third-order valence-corrected chi connectivity index (χ3v) is 8.67. The largest absolute Gasteiger partial charge is 0.311 e. The molecule has 0 atom stereocenters. The molecular weight excluding hydrogens is 555 g/mol. The van der Waals surface area contributed by atoms with Gasteiger partial charge in [-0.25, -0.2) is 0 Å². The Hall–Kier alpha value is -3.76. The van der Waals surface area contributed by atoms with Crippen molar-refractivity contribution < 1.29 is 0 Å². The Morgan fingerprint density at radius 2 is 1.16 bits per heavy atom. The Labute approximate surface area is 270 Å². The van der Waals surface area contributed by atoms with Crippen molar-refractivity contribution in [3.63, 3.8) is 0 Å². The van der Waals surface area contributed by atoms with Crippen molar-refractivity contribution >= 4 is 46.8 Å². The van der Waals surface area contributed by atoms with Gasteiger partial charge in [0.15, 0.2) is 0 Å². The standard InChI is InChI=1S/C40H49N3S/c1-5-6-7-8-9-10-11-15-30-42(37-16-13-12-14-17-37)41-32-36-22-28-40(29-23-36)43(38-24-18-33(2)19-25-38)39-26-20-35(21-27-39)31-34(3)44-4/h12-14,16-29,31-32H,5-11,15,30H2,1-4H3/b34-31+,41-32+. The van der Waals surface area contributed by atoms with Crippen molar-refractivity contribution in [1.29, 1.82) is 0 Å². The predicted molar refractivity (Wildman–Crippen MR) is 197 cm³/mol. The second kappa shape index (κ2) is 18.1. The molecule has 4 heteroatoms. The molecule has 0 fully saturated rings. The van der Waals surface area contributed by atoms with Gasteiger partial charge in [0.1, 0.15) is 0 Å². The summed E-state index contributed by atoms with van der Waals surface area (Å²) >= 11 is 1.78. The number of aryl methyl sites for hydroxylation is 1. The van der Waals surface area contributed by atoms with Crippen LogP contribution in [-0.4, -0.2) is 19.0 Å². The van der Waals surface area contributed by atoms with Crippen LogP contribution in [0.1, 0.15) is 81.9 Å². The van der Waals surface area contributed by atoms with E-state index < -0.39 is 0 Å². The van der Waals surface area contributed by atoms with Gasteiger partial charge < -0.3 is 4.90 Å². The van der Waals surface area contributed by atoms with E-state index in [1.807, 2.05) is 6.21 Å². The summed E-state index contributed by atoms with van der Waals surface area (Å²) in [5.41, 5.74) is 8.08. The lowest BCUT2D eigenvalue weighted by Crippen LogP contribution is -2.18. The van der Waals surface area contributed by atoms with E-state index in [0.717, 1.165) is 41.3 Å². The van der Waals surface area contributed by atoms with Crippen molar-refractivity contribution in [3.05, 3.63) is 125 Å². The van der Waals surface area contributed by atoms with E-state index in [4.69, 9.17) is 5.10 Å². The Balaban J connectivity index is 1.48. The summed E-state index contributed by atoms with van der Waals surface area (Å²) in [6.07, 6.45) is 16.8. The first-order valence-electron chi connectivity index (χ1n) is 16.2. The molecule has 0 spiro atoms. The Bertz CT molecular complexity index is 1430. The number of hydrazone groups is 1. The molecule has 0 unspecified atom stereocenters. The van der Waals surface area contributed by atoms with Crippen LogP contribution in [0.4, 0.5) is 22.7 Å². The molecule has 0 aliphatic carbocycles. The molecule has 0 aliphatic heterocycles. The first-order valence-corrected chi connectivity index (χ1v) is 17.5. The van der Waals surface area contributed by atoms with Gasteiger partial charge in [-0.15, -0.1) is 11.8 Å². The van der Waals surface area contributed by atoms with Gasteiger partial charge in [-0.2, -0.15) is 5.10 Å². The SMILES string of the molecule is CCCCCCCCCCN(/N=C/c1ccc(N(c2ccc(C)cc2)c2ccc(/C=C(\C)SC)cc2)cc1)c1ccccc1. The zero-order valence-electron chi connectivity index (χ0n) is 27.1. The molecule has 0 N–H and O–H groups in total. The van der Waals surface area contributed by atoms with Gasteiger partial charge in [-0.05, 0) is 97.2 Å². The summed E-state index contributed by atoms with van der Waals surface area (Å²) in [6, 6.07) is 36.8. The first-order chi connectivity index (χ1) is 21.6. The van der Waals surface area contributed by atoms with Gasteiger partial charge in [-0.3, -0.25) is 5.01 Å². The number of allylic oxidation sites excluding steroid dienone is 1. The van der Waals surface area contributed by atoms with Crippen LogP contribution in [0, 0.1) is 6.92 Å². The van der Waals surface area contributed by atoms with E-state index in [2.05, 4.69) is 146 Å². The van der Waals surface area contributed by atoms with Gasteiger partial charge in [0.2, 0.25) is 0 Å². The molecule has 0 saturated heterocycles. The molecule has 0 radical (unpaired) electrons. The maximum Gasteiger partial charge on any atom is 0.0593 e. The molecule has 0 saturated carbocycles. The third-order valence-electron chi connectivity index (χ3n) is 7.91. The Kier molecular flexibility index (Phi) is 13.7. The molecule has 230 valence electrons. The molecule has 4 rings (SSSR count). The second-order valence-corrected chi connectivity index (χ2v) is 12.5. The van der Waals surface area contributed by atoms with E-state index in [9.17, 15) is 0 Å². The van der Waals surface area contributed by atoms with Crippen molar-refractivity contribution in [2.24, 2.45) is 5.10 Å². The number of benzene rings is 4. The molecule has 4 aromatic carbocycles. The van der Waals surface area contributed by atoms with E-state index in [0.29, 0.717) is 0 Å². The summed E-state index contributed by atoms with van der Waals surface area (Å²) in [4.78, 5) is 3.61. The average molecular weight is 604 g/mol. The van der Waals surface area contributed by atoms with E-state index in [-0.39, 0.29) is 0 Å². The van der Waals surface area contributed by atoms with Gasteiger partial charge in [0.25, 0.3) is 0 Å². The number of hydrogen-bond donors (Lipinski definition) is 0. The van der Waals surface area contributed by atoms with Crippen LogP contribution in [0.3, 0.4) is 0 Å². The van der Waals surface area contributed by atoms with E-state index in [1.54, 1.807) is 11.8 Å². The lowest BCUT2D eigenvalue weighted by Gasteiger charge is -2.26. The zero-order valence-corrected chi connectivity index (χ0v) is 27.9. The summed E-state index contributed by atoms with van der Waals surface area (Å²) < 4.78 is 0. The molecule has 0 aromatic heterocycles. The fraction of sp³-hybridized carbons (Fsp3) is 0.325. The molecule has 4 aromatic rings. The lowest BCUT2D eigenvalue weighted by atomic mass is 10.1. The van der Waals surface area contributed by atoms with Crippen molar-refractivity contribution in [2.75, 3.05) is 22.7 Å². The number of rotatable bonds is 17. The maximum absolute atomic E-state index is 4.95. The summed E-state index contributed by atoms with van der Waals surface area (Å²) in [7, 11) is 0. The number of hydrogen-bond acceptors (Lipinski definition) is 4. The molecule has 0 heterocycles. The Morgan fingerprint density at radius 1 is 0.636 bits per heavy atom. The van der Waals surface area contributed by atoms with E-state index in [1.165, 1.54) is 61.0 Å². The van der Waals surface area contributed by atoms with Crippen molar-refractivity contribution in [2.45, 2.75) is 72.1 Å². The van der Waals surface area contributed by atoms with Crippen LogP contribution in [0.15, 0.2) is 113 Å². The van der Waals surface area contributed by atoms with Gasteiger partial charge in [0, 0.05) is 23.6 Å². The van der Waals surface area contributed by atoms with Gasteiger partial charge >= 0.3 is 0 Å². The summed E-state index contributed by atoms with van der Waals surface area (Å²) in [5.74, 6) is 0. The zero-order chi connectivity index (χ0) is 31.0. The van der Waals surface area contributed by atoms with Crippen molar-refractivity contribution in [3.8, 4) is 0 Å². The number of para-hydroxylation sites is 1. The average Bonchev–Trinajstić information content (AvgIpc) is 3.06. The highest BCUT2D eigenvalue weighted by Crippen LogP contribution is 2.35. The second-order valence-electron chi connectivity index (χ2n) is 11.5. The smallest absolute Gasteiger partial charge is 0.0593 e. The number of nitrogens with zero attached hydrogens (tertiary/aromatic N) is 3. The van der Waals surface area contributed by atoms with Crippen LogP contribution in [0.25, 0.3) is 6.08 Å². The fourth-order valence-electron chi connectivity index (χ4n) is 5.25. The third kappa shape index (κ3) is 10.4. The molecule has 0 aliphatic rings. The van der Waals surface area contributed by atoms with Crippen LogP contribution in [0.5, 0.6) is 0 Å². The first kappa shape index (κ1) is 33.1. The minimum absolute atomic E-state index is 0.927. The lowest BCUT2D eigenvalue weighted by molar-refractivity contribution is 0.573. The van der Waals surface area contributed by atoms with Gasteiger partial charge in [0.05, 0.1) is 11.9 Å². The minimum Gasteiger partial charge on any atom is -0.311 e. The Morgan fingerprint density at radius 3 is 1.73 bits per heavy atom. The minimum atomic E-state index is 0.927. The highest BCUT2D eigenvalue weighted by atomic mass is 32.2. The predicted octanol–water partition coefficient (Wildman–Crippen LogP) is 12.2. The molecular formula is C40H49N3S. The summed E-state index contributed by atoms with van der Waals surface area (Å²) in [5, 5.41) is 7.10. The molecule has 0 amide bonds. The van der Waals surface area contributed by atoms with Crippen LogP contribution < -0.4 is 9.91 Å². The molecule has 44 heavy (non-hydrogen) atoms. The van der Waals surface area contributed by atoms with Crippen LogP contribution in [0.2, 0.25) is 0 Å². The summed E-state index contributed by atoms with van der Waals surface area (Å²) in [6.45, 7) is 7.48. The number of thioether (sulfide) groups is 1. The highest BCUT2D eigenvalue weighted by molar-refractivity contribution is 8.02. The fourth-order valence-corrected chi connectivity index (χ4v) is 5.50. The highest BCUT2D eigenvalue weighted by Gasteiger charge is 2.12.